The number of ether oxygens (including phenoxy) is 1. The summed E-state index contributed by atoms with van der Waals surface area (Å²) in [5.74, 6) is 1.42. The highest BCUT2D eigenvalue weighted by molar-refractivity contribution is 14.0. The number of nitrogens with two attached hydrogens (primary N) is 1. The van der Waals surface area contributed by atoms with Gasteiger partial charge in [0.05, 0.1) is 7.11 Å². The molecule has 1 aromatic carbocycles. The van der Waals surface area contributed by atoms with Gasteiger partial charge in [0.2, 0.25) is 0 Å². The highest BCUT2D eigenvalue weighted by Crippen LogP contribution is 2.13. The molecular formula is C14H24IN3O. The molecule has 0 saturated heterocycles. The lowest BCUT2D eigenvalue weighted by Gasteiger charge is -2.08. The predicted octanol–water partition coefficient (Wildman–Crippen LogP) is 2.56. The van der Waals surface area contributed by atoms with E-state index >= 15 is 0 Å². The second-order valence-corrected chi connectivity index (χ2v) is 4.52. The molecule has 5 heteroatoms. The molecular weight excluding hydrogens is 353 g/mol. The molecule has 108 valence electrons. The fourth-order valence-corrected chi connectivity index (χ4v) is 1.65. The van der Waals surface area contributed by atoms with Gasteiger partial charge in [0.1, 0.15) is 5.75 Å². The average molecular weight is 377 g/mol. The number of guanidine groups is 1. The Morgan fingerprint density at radius 3 is 2.79 bits per heavy atom. The van der Waals surface area contributed by atoms with Crippen LogP contribution in [0.15, 0.2) is 29.3 Å². The number of hydrogen-bond acceptors (Lipinski definition) is 2. The average Bonchev–Trinajstić information content (AvgIpc) is 2.34. The van der Waals surface area contributed by atoms with E-state index in [2.05, 4.69) is 22.4 Å². The van der Waals surface area contributed by atoms with E-state index in [0.717, 1.165) is 25.1 Å². The number of hydrogen-bond donors (Lipinski definition) is 2. The van der Waals surface area contributed by atoms with Crippen molar-refractivity contribution in [3.05, 3.63) is 29.8 Å². The standard InChI is InChI=1S/C14H23N3O.HI/c1-11(2)17-14(15)16-9-5-7-12-6-4-8-13(10-12)18-3;/h4,6,8,10-11H,5,7,9H2,1-3H3,(H3,15,16,17);1H. The van der Waals surface area contributed by atoms with Crippen LogP contribution in [0.5, 0.6) is 5.75 Å². The van der Waals surface area contributed by atoms with E-state index < -0.39 is 0 Å². The number of halogens is 1. The van der Waals surface area contributed by atoms with Crippen molar-refractivity contribution >= 4 is 29.9 Å². The van der Waals surface area contributed by atoms with Crippen LogP contribution >= 0.6 is 24.0 Å². The summed E-state index contributed by atoms with van der Waals surface area (Å²) >= 11 is 0. The first-order chi connectivity index (χ1) is 8.61. The maximum atomic E-state index is 5.72. The SMILES string of the molecule is COc1cccc(CCCN=C(N)NC(C)C)c1.I. The topological polar surface area (TPSA) is 59.6 Å². The molecule has 1 rings (SSSR count). The molecule has 4 nitrogen and oxygen atoms in total. The van der Waals surface area contributed by atoms with Crippen molar-refractivity contribution in [2.24, 2.45) is 10.7 Å². The van der Waals surface area contributed by atoms with Gasteiger partial charge in [0, 0.05) is 12.6 Å². The Kier molecular flexibility index (Phi) is 9.38. The minimum atomic E-state index is 0. The Bertz CT molecular complexity index is 394. The third-order valence-electron chi connectivity index (χ3n) is 2.48. The van der Waals surface area contributed by atoms with Gasteiger partial charge in [-0.05, 0) is 44.4 Å². The summed E-state index contributed by atoms with van der Waals surface area (Å²) in [6.45, 7) is 4.82. The first-order valence-corrected chi connectivity index (χ1v) is 6.31. The summed E-state index contributed by atoms with van der Waals surface area (Å²) in [6, 6.07) is 8.44. The molecule has 3 N–H and O–H groups in total. The molecule has 0 aliphatic heterocycles. The van der Waals surface area contributed by atoms with Crippen LogP contribution in [-0.4, -0.2) is 25.7 Å². The molecule has 0 radical (unpaired) electrons. The van der Waals surface area contributed by atoms with Gasteiger partial charge in [-0.25, -0.2) is 0 Å². The molecule has 0 aliphatic carbocycles. The van der Waals surface area contributed by atoms with Crippen molar-refractivity contribution in [3.8, 4) is 5.75 Å². The number of aliphatic imine (C=N–C) groups is 1. The quantitative estimate of drug-likeness (QED) is 0.347. The summed E-state index contributed by atoms with van der Waals surface area (Å²) < 4.78 is 5.19. The number of benzene rings is 1. The van der Waals surface area contributed by atoms with E-state index in [4.69, 9.17) is 10.5 Å². The third kappa shape index (κ3) is 7.92. The van der Waals surface area contributed by atoms with Gasteiger partial charge in [-0.1, -0.05) is 12.1 Å². The predicted molar refractivity (Wildman–Crippen MR) is 91.5 cm³/mol. The molecule has 0 unspecified atom stereocenters. The summed E-state index contributed by atoms with van der Waals surface area (Å²) in [7, 11) is 1.68. The molecule has 0 aliphatic rings. The maximum absolute atomic E-state index is 5.72. The molecule has 19 heavy (non-hydrogen) atoms. The van der Waals surface area contributed by atoms with Crippen LogP contribution in [0.25, 0.3) is 0 Å². The van der Waals surface area contributed by atoms with Crippen LogP contribution in [0, 0.1) is 0 Å². The van der Waals surface area contributed by atoms with Gasteiger partial charge in [-0.2, -0.15) is 0 Å². The Labute approximate surface area is 132 Å². The van der Waals surface area contributed by atoms with Crippen LogP contribution in [0.2, 0.25) is 0 Å². The van der Waals surface area contributed by atoms with Gasteiger partial charge in [0.15, 0.2) is 5.96 Å². The molecule has 0 spiro atoms. The summed E-state index contributed by atoms with van der Waals surface area (Å²) in [5.41, 5.74) is 6.98. The summed E-state index contributed by atoms with van der Waals surface area (Å²) in [6.07, 6.45) is 1.96. The number of nitrogens with one attached hydrogen (secondary N) is 1. The van der Waals surface area contributed by atoms with Crippen molar-refractivity contribution < 1.29 is 4.74 Å². The van der Waals surface area contributed by atoms with E-state index in [9.17, 15) is 0 Å². The number of nitrogens with zero attached hydrogens (tertiary/aromatic N) is 1. The summed E-state index contributed by atoms with van der Waals surface area (Å²) in [5, 5.41) is 3.07. The van der Waals surface area contributed by atoms with Gasteiger partial charge in [-0.15, -0.1) is 24.0 Å². The van der Waals surface area contributed by atoms with Crippen molar-refractivity contribution in [2.75, 3.05) is 13.7 Å². The first kappa shape index (κ1) is 18.0. The van der Waals surface area contributed by atoms with Crippen LogP contribution in [0.3, 0.4) is 0 Å². The largest absolute Gasteiger partial charge is 0.497 e. The highest BCUT2D eigenvalue weighted by atomic mass is 127. The van der Waals surface area contributed by atoms with E-state index in [0.29, 0.717) is 12.0 Å². The van der Waals surface area contributed by atoms with Crippen molar-refractivity contribution in [2.45, 2.75) is 32.7 Å². The Morgan fingerprint density at radius 2 is 2.16 bits per heavy atom. The monoisotopic (exact) mass is 377 g/mol. The van der Waals surface area contributed by atoms with Crippen LogP contribution in [0.4, 0.5) is 0 Å². The van der Waals surface area contributed by atoms with Crippen LogP contribution < -0.4 is 15.8 Å². The van der Waals surface area contributed by atoms with Crippen LogP contribution in [0.1, 0.15) is 25.8 Å². The summed E-state index contributed by atoms with van der Waals surface area (Å²) in [4.78, 5) is 4.27. The molecule has 0 aromatic heterocycles. The zero-order valence-corrected chi connectivity index (χ0v) is 14.2. The fourth-order valence-electron chi connectivity index (χ4n) is 1.65. The Morgan fingerprint density at radius 1 is 1.42 bits per heavy atom. The molecule has 0 amide bonds. The lowest BCUT2D eigenvalue weighted by molar-refractivity contribution is 0.414. The zero-order valence-electron chi connectivity index (χ0n) is 11.8. The lowest BCUT2D eigenvalue weighted by Crippen LogP contribution is -2.36. The molecule has 0 bridgehead atoms. The van der Waals surface area contributed by atoms with E-state index in [-0.39, 0.29) is 24.0 Å². The maximum Gasteiger partial charge on any atom is 0.188 e. The van der Waals surface area contributed by atoms with Crippen molar-refractivity contribution in [1.82, 2.24) is 5.32 Å². The Hall–Kier alpha value is -0.980. The molecule has 0 saturated carbocycles. The highest BCUT2D eigenvalue weighted by Gasteiger charge is 1.97. The normalized spacial score (nSPS) is 11.1. The van der Waals surface area contributed by atoms with E-state index in [1.54, 1.807) is 7.11 Å². The Balaban J connectivity index is 0.00000324. The second-order valence-electron chi connectivity index (χ2n) is 4.52. The second kappa shape index (κ2) is 9.89. The van der Waals surface area contributed by atoms with E-state index in [1.165, 1.54) is 5.56 Å². The molecule has 1 aromatic rings. The lowest BCUT2D eigenvalue weighted by atomic mass is 10.1. The minimum absolute atomic E-state index is 0. The van der Waals surface area contributed by atoms with Gasteiger partial charge in [0.25, 0.3) is 0 Å². The number of aryl methyl sites for hydroxylation is 1. The molecule has 0 atom stereocenters. The van der Waals surface area contributed by atoms with Gasteiger partial charge >= 0.3 is 0 Å². The first-order valence-electron chi connectivity index (χ1n) is 6.31. The van der Waals surface area contributed by atoms with E-state index in [1.807, 2.05) is 26.0 Å². The number of methoxy groups -OCH3 is 1. The minimum Gasteiger partial charge on any atom is -0.497 e. The van der Waals surface area contributed by atoms with Crippen LogP contribution in [-0.2, 0) is 6.42 Å². The smallest absolute Gasteiger partial charge is 0.188 e. The fraction of sp³-hybridized carbons (Fsp3) is 0.500. The molecule has 0 fully saturated rings. The molecule has 0 heterocycles. The zero-order chi connectivity index (χ0) is 13.4. The third-order valence-corrected chi connectivity index (χ3v) is 2.48. The van der Waals surface area contributed by atoms with Gasteiger partial charge < -0.3 is 15.8 Å². The van der Waals surface area contributed by atoms with Gasteiger partial charge in [-0.3, -0.25) is 4.99 Å². The van der Waals surface area contributed by atoms with Crippen molar-refractivity contribution in [3.63, 3.8) is 0 Å². The number of rotatable bonds is 6. The van der Waals surface area contributed by atoms with Crippen molar-refractivity contribution in [1.29, 1.82) is 0 Å².